The molecule has 0 bridgehead atoms. The van der Waals surface area contributed by atoms with Crippen LogP contribution in [0.4, 0.5) is 0 Å². The largest absolute Gasteiger partial charge is 0.485 e. The molecule has 0 fully saturated rings. The third-order valence-electron chi connectivity index (χ3n) is 3.68. The van der Waals surface area contributed by atoms with Gasteiger partial charge in [0.2, 0.25) is 0 Å². The average molecular weight is 407 g/mol. The lowest BCUT2D eigenvalue weighted by Crippen LogP contribution is -2.26. The van der Waals surface area contributed by atoms with E-state index in [1.807, 2.05) is 37.3 Å². The molecule has 7 heteroatoms. The molecule has 4 nitrogen and oxygen atoms in total. The van der Waals surface area contributed by atoms with Gasteiger partial charge in [-0.05, 0) is 24.6 Å². The molecule has 1 atom stereocenters. The number of hydrogen-bond donors (Lipinski definition) is 1. The maximum atomic E-state index is 12.4. The monoisotopic (exact) mass is 406 g/mol. The normalized spacial score (nSPS) is 11.8. The number of nitrogens with zero attached hydrogens (tertiary/aromatic N) is 1. The van der Waals surface area contributed by atoms with E-state index < -0.39 is 0 Å². The molecule has 0 saturated carbocycles. The van der Waals surface area contributed by atoms with Crippen molar-refractivity contribution in [2.45, 2.75) is 19.6 Å². The van der Waals surface area contributed by atoms with E-state index in [-0.39, 0.29) is 18.6 Å². The Labute approximate surface area is 165 Å². The smallest absolute Gasteiger partial charge is 0.271 e. The average Bonchev–Trinajstić information content (AvgIpc) is 3.12. The minimum atomic E-state index is -0.218. The Morgan fingerprint density at radius 3 is 2.77 bits per heavy atom. The molecule has 134 valence electrons. The molecule has 0 aliphatic heterocycles. The number of halogens is 2. The van der Waals surface area contributed by atoms with Crippen molar-refractivity contribution in [2.24, 2.45) is 0 Å². The van der Waals surface area contributed by atoms with Crippen molar-refractivity contribution in [1.82, 2.24) is 10.3 Å². The third-order valence-corrected chi connectivity index (χ3v) is 5.05. The Kier molecular flexibility index (Phi) is 6.14. The number of ether oxygens (including phenoxy) is 1. The second-order valence-corrected chi connectivity index (χ2v) is 7.38. The summed E-state index contributed by atoms with van der Waals surface area (Å²) < 4.78 is 5.65. The van der Waals surface area contributed by atoms with Crippen molar-refractivity contribution in [2.75, 3.05) is 0 Å². The van der Waals surface area contributed by atoms with Gasteiger partial charge in [-0.15, -0.1) is 11.3 Å². The summed E-state index contributed by atoms with van der Waals surface area (Å²) in [5.74, 6) is 0.266. The summed E-state index contributed by atoms with van der Waals surface area (Å²) in [6.07, 6.45) is 0. The summed E-state index contributed by atoms with van der Waals surface area (Å²) in [5.41, 5.74) is 1.41. The number of nitrogens with one attached hydrogen (secondary N) is 1. The van der Waals surface area contributed by atoms with E-state index in [2.05, 4.69) is 10.3 Å². The summed E-state index contributed by atoms with van der Waals surface area (Å²) in [6.45, 7) is 2.15. The van der Waals surface area contributed by atoms with Gasteiger partial charge in [-0.3, -0.25) is 4.79 Å². The summed E-state index contributed by atoms with van der Waals surface area (Å²) in [6, 6.07) is 14.7. The lowest BCUT2D eigenvalue weighted by molar-refractivity contribution is 0.0935. The summed E-state index contributed by atoms with van der Waals surface area (Å²) in [7, 11) is 0. The number of aromatic nitrogens is 1. The lowest BCUT2D eigenvalue weighted by Gasteiger charge is -2.13. The van der Waals surface area contributed by atoms with E-state index in [4.69, 9.17) is 27.9 Å². The van der Waals surface area contributed by atoms with E-state index >= 15 is 0 Å². The molecule has 1 amide bonds. The van der Waals surface area contributed by atoms with E-state index in [9.17, 15) is 4.79 Å². The van der Waals surface area contributed by atoms with Crippen LogP contribution in [0.3, 0.4) is 0 Å². The fourth-order valence-electron chi connectivity index (χ4n) is 2.30. The standard InChI is InChI=1S/C19H16Cl2N2O2S/c1-12(13-5-3-2-4-6-13)22-19(24)16-11-26-18(23-16)10-25-17-9-14(20)7-8-15(17)21/h2-9,11-12H,10H2,1H3,(H,22,24)/t12-/m1/s1. The molecule has 1 heterocycles. The van der Waals surface area contributed by atoms with Crippen molar-refractivity contribution in [1.29, 1.82) is 0 Å². The maximum absolute atomic E-state index is 12.4. The summed E-state index contributed by atoms with van der Waals surface area (Å²) in [4.78, 5) is 16.7. The molecule has 0 saturated heterocycles. The van der Waals surface area contributed by atoms with Crippen molar-refractivity contribution < 1.29 is 9.53 Å². The van der Waals surface area contributed by atoms with Gasteiger partial charge in [-0.2, -0.15) is 0 Å². The van der Waals surface area contributed by atoms with Gasteiger partial charge in [0.25, 0.3) is 5.91 Å². The SMILES string of the molecule is C[C@@H](NC(=O)c1csc(COc2cc(Cl)ccc2Cl)n1)c1ccccc1. The second kappa shape index (κ2) is 8.54. The molecule has 0 aliphatic carbocycles. The molecule has 3 rings (SSSR count). The predicted molar refractivity (Wildman–Crippen MR) is 105 cm³/mol. The van der Waals surface area contributed by atoms with Gasteiger partial charge >= 0.3 is 0 Å². The third kappa shape index (κ3) is 4.75. The minimum Gasteiger partial charge on any atom is -0.485 e. The Morgan fingerprint density at radius 2 is 2.00 bits per heavy atom. The van der Waals surface area contributed by atoms with Gasteiger partial charge in [0.1, 0.15) is 23.1 Å². The van der Waals surface area contributed by atoms with Gasteiger partial charge in [0.05, 0.1) is 11.1 Å². The molecule has 2 aromatic carbocycles. The Balaban J connectivity index is 1.60. The van der Waals surface area contributed by atoms with Gasteiger partial charge in [0, 0.05) is 16.5 Å². The van der Waals surface area contributed by atoms with Crippen LogP contribution < -0.4 is 10.1 Å². The fourth-order valence-corrected chi connectivity index (χ4v) is 3.32. The molecule has 0 spiro atoms. The first-order chi connectivity index (χ1) is 12.5. The van der Waals surface area contributed by atoms with Crippen LogP contribution in [0.2, 0.25) is 10.0 Å². The highest BCUT2D eigenvalue weighted by Gasteiger charge is 2.15. The summed E-state index contributed by atoms with van der Waals surface area (Å²) >= 11 is 13.4. The van der Waals surface area contributed by atoms with Gasteiger partial charge < -0.3 is 10.1 Å². The van der Waals surface area contributed by atoms with Crippen LogP contribution in [0.5, 0.6) is 5.75 Å². The highest BCUT2D eigenvalue weighted by Crippen LogP contribution is 2.28. The topological polar surface area (TPSA) is 51.2 Å². The number of hydrogen-bond acceptors (Lipinski definition) is 4. The molecule has 1 N–H and O–H groups in total. The van der Waals surface area contributed by atoms with Crippen LogP contribution in [-0.4, -0.2) is 10.9 Å². The molecule has 0 radical (unpaired) electrons. The molecule has 0 unspecified atom stereocenters. The highest BCUT2D eigenvalue weighted by atomic mass is 35.5. The van der Waals surface area contributed by atoms with Gasteiger partial charge in [-0.25, -0.2) is 4.98 Å². The number of amides is 1. The molecule has 1 aromatic heterocycles. The molecular weight excluding hydrogens is 391 g/mol. The molecule has 0 aliphatic rings. The van der Waals surface area contributed by atoms with Crippen LogP contribution in [0, 0.1) is 0 Å². The number of benzene rings is 2. The first kappa shape index (κ1) is 18.7. The zero-order valence-electron chi connectivity index (χ0n) is 13.9. The lowest BCUT2D eigenvalue weighted by atomic mass is 10.1. The number of thiazole rings is 1. The molecule has 26 heavy (non-hydrogen) atoms. The van der Waals surface area contributed by atoms with Crippen LogP contribution in [-0.2, 0) is 6.61 Å². The Bertz CT molecular complexity index is 900. The fraction of sp³-hybridized carbons (Fsp3) is 0.158. The van der Waals surface area contributed by atoms with E-state index in [0.717, 1.165) is 5.56 Å². The Hall–Kier alpha value is -2.08. The van der Waals surface area contributed by atoms with E-state index in [1.165, 1.54) is 11.3 Å². The van der Waals surface area contributed by atoms with Crippen molar-refractivity contribution in [3.05, 3.63) is 80.2 Å². The van der Waals surface area contributed by atoms with Gasteiger partial charge in [0.15, 0.2) is 0 Å². The molecule has 3 aromatic rings. The first-order valence-corrected chi connectivity index (χ1v) is 9.54. The first-order valence-electron chi connectivity index (χ1n) is 7.91. The zero-order valence-corrected chi connectivity index (χ0v) is 16.2. The maximum Gasteiger partial charge on any atom is 0.271 e. The number of carbonyl (C=O) groups is 1. The van der Waals surface area contributed by atoms with Crippen LogP contribution in [0.15, 0.2) is 53.9 Å². The summed E-state index contributed by atoms with van der Waals surface area (Å²) in [5, 5.41) is 6.35. The number of rotatable bonds is 6. The van der Waals surface area contributed by atoms with E-state index in [0.29, 0.717) is 26.5 Å². The highest BCUT2D eigenvalue weighted by molar-refractivity contribution is 7.09. The van der Waals surface area contributed by atoms with Crippen LogP contribution >= 0.6 is 34.5 Å². The van der Waals surface area contributed by atoms with Crippen LogP contribution in [0.25, 0.3) is 0 Å². The van der Waals surface area contributed by atoms with Crippen LogP contribution in [0.1, 0.15) is 34.0 Å². The quantitative estimate of drug-likeness (QED) is 0.586. The van der Waals surface area contributed by atoms with Crippen molar-refractivity contribution >= 4 is 40.4 Å². The van der Waals surface area contributed by atoms with Crippen molar-refractivity contribution in [3.8, 4) is 5.75 Å². The minimum absolute atomic E-state index is 0.102. The zero-order chi connectivity index (χ0) is 18.5. The predicted octanol–water partition coefficient (Wildman–Crippen LogP) is 5.52. The van der Waals surface area contributed by atoms with E-state index in [1.54, 1.807) is 23.6 Å². The molecular formula is C19H16Cl2N2O2S. The van der Waals surface area contributed by atoms with Gasteiger partial charge in [-0.1, -0.05) is 53.5 Å². The van der Waals surface area contributed by atoms with Crippen molar-refractivity contribution in [3.63, 3.8) is 0 Å². The Morgan fingerprint density at radius 1 is 1.23 bits per heavy atom. The number of carbonyl (C=O) groups excluding carboxylic acids is 1. The second-order valence-electron chi connectivity index (χ2n) is 5.60.